The summed E-state index contributed by atoms with van der Waals surface area (Å²) < 4.78 is 0. The smallest absolute Gasteiger partial charge is 1.00 e. The summed E-state index contributed by atoms with van der Waals surface area (Å²) in [5.41, 5.74) is 0. The molecule has 1 amide bonds. The minimum atomic E-state index is 0. The first-order chi connectivity index (χ1) is 2.27. The summed E-state index contributed by atoms with van der Waals surface area (Å²) >= 11 is 0. The van der Waals surface area contributed by atoms with E-state index in [-0.39, 0.29) is 13.8 Å². The first kappa shape index (κ1) is 9.23. The number of halogens is 1. The molecule has 0 fully saturated rings. The van der Waals surface area contributed by atoms with Crippen molar-refractivity contribution in [3.8, 4) is 0 Å². The van der Waals surface area contributed by atoms with Crippen LogP contribution in [0.2, 0.25) is 0 Å². The SMILES string of the molecule is CN(C)C=O.[Cl-].[H+]. The summed E-state index contributed by atoms with van der Waals surface area (Å²) in [7, 11) is 3.38. The van der Waals surface area contributed by atoms with Crippen LogP contribution in [0.15, 0.2) is 0 Å². The van der Waals surface area contributed by atoms with Crippen molar-refractivity contribution in [2.45, 2.75) is 0 Å². The van der Waals surface area contributed by atoms with Gasteiger partial charge in [-0.25, -0.2) is 0 Å². The molecule has 0 aliphatic rings. The van der Waals surface area contributed by atoms with Gasteiger partial charge in [0.2, 0.25) is 6.41 Å². The molecule has 0 aromatic carbocycles. The summed E-state index contributed by atoms with van der Waals surface area (Å²) in [4.78, 5) is 10.9. The second-order valence-corrected chi connectivity index (χ2v) is 1.07. The lowest BCUT2D eigenvalue weighted by Crippen LogP contribution is -3.00. The Balaban J connectivity index is -0.0000000800. The highest BCUT2D eigenvalue weighted by Crippen LogP contribution is 1.52. The van der Waals surface area contributed by atoms with Crippen LogP contribution >= 0.6 is 0 Å². The lowest BCUT2D eigenvalue weighted by molar-refractivity contribution is -0.115. The third-order valence-electron chi connectivity index (χ3n) is 0.211. The van der Waals surface area contributed by atoms with Gasteiger partial charge in [-0.05, 0) is 0 Å². The number of carbonyl (C=O) groups is 1. The van der Waals surface area contributed by atoms with Crippen LogP contribution in [-0.4, -0.2) is 25.4 Å². The summed E-state index contributed by atoms with van der Waals surface area (Å²) in [5, 5.41) is 0. The maximum atomic E-state index is 9.43. The van der Waals surface area contributed by atoms with E-state index < -0.39 is 0 Å². The first-order valence-corrected chi connectivity index (χ1v) is 1.39. The Morgan fingerprint density at radius 1 is 1.67 bits per heavy atom. The summed E-state index contributed by atoms with van der Waals surface area (Å²) in [6.07, 6.45) is 0.750. The number of rotatable bonds is 1. The van der Waals surface area contributed by atoms with Crippen molar-refractivity contribution >= 4 is 6.41 Å². The molecule has 0 spiro atoms. The average Bonchev–Trinajstić information content (AvgIpc) is 1.38. The van der Waals surface area contributed by atoms with Crippen molar-refractivity contribution in [1.29, 1.82) is 0 Å². The normalized spacial score (nSPS) is 5.67. The molecule has 0 bridgehead atoms. The van der Waals surface area contributed by atoms with Gasteiger partial charge in [-0.2, -0.15) is 0 Å². The molecule has 2 nitrogen and oxygen atoms in total. The standard InChI is InChI=1S/C3H7NO.ClH/c1-4(2)3-5;/h3H,1-2H3;1H. The predicted molar refractivity (Wildman–Crippen MR) is 20.9 cm³/mol. The Bertz CT molecular complexity index is 41.9. The van der Waals surface area contributed by atoms with E-state index in [0.717, 1.165) is 6.41 Å². The van der Waals surface area contributed by atoms with Crippen molar-refractivity contribution in [2.24, 2.45) is 0 Å². The van der Waals surface area contributed by atoms with Crippen LogP contribution in [-0.2, 0) is 4.79 Å². The molecular weight excluding hydrogens is 101 g/mol. The molecule has 0 radical (unpaired) electrons. The Morgan fingerprint density at radius 2 is 1.83 bits per heavy atom. The van der Waals surface area contributed by atoms with Gasteiger partial charge in [-0.1, -0.05) is 0 Å². The van der Waals surface area contributed by atoms with Gasteiger partial charge >= 0.3 is 1.43 Å². The largest absolute Gasteiger partial charge is 1.00 e. The number of nitrogens with zero attached hydrogens (tertiary/aromatic N) is 1. The number of carbonyl (C=O) groups excluding carboxylic acids is 1. The van der Waals surface area contributed by atoms with Crippen molar-refractivity contribution in [2.75, 3.05) is 14.1 Å². The molecule has 0 saturated carbocycles. The van der Waals surface area contributed by atoms with Crippen LogP contribution in [0.5, 0.6) is 0 Å². The zero-order chi connectivity index (χ0) is 4.28. The fourth-order valence-electron chi connectivity index (χ4n) is 0. The number of hydrogen-bond donors (Lipinski definition) is 0. The monoisotopic (exact) mass is 109 g/mol. The van der Waals surface area contributed by atoms with E-state index in [2.05, 4.69) is 0 Å². The summed E-state index contributed by atoms with van der Waals surface area (Å²) in [6.45, 7) is 0. The third kappa shape index (κ3) is 9.25. The van der Waals surface area contributed by atoms with Gasteiger partial charge in [0.15, 0.2) is 0 Å². The van der Waals surface area contributed by atoms with Crippen molar-refractivity contribution < 1.29 is 18.6 Å². The minimum Gasteiger partial charge on any atom is -1.00 e. The molecule has 3 heteroatoms. The fourth-order valence-corrected chi connectivity index (χ4v) is 0. The van der Waals surface area contributed by atoms with E-state index in [1.54, 1.807) is 14.1 Å². The number of hydrogen-bond acceptors (Lipinski definition) is 1. The molecule has 0 saturated heterocycles. The highest BCUT2D eigenvalue weighted by Gasteiger charge is 1.68. The predicted octanol–water partition coefficient (Wildman–Crippen LogP) is -3.18. The molecule has 0 rings (SSSR count). The Morgan fingerprint density at radius 3 is 1.83 bits per heavy atom. The van der Waals surface area contributed by atoms with E-state index in [0.29, 0.717) is 0 Å². The zero-order valence-corrected chi connectivity index (χ0v) is 4.57. The van der Waals surface area contributed by atoms with E-state index >= 15 is 0 Å². The van der Waals surface area contributed by atoms with Gasteiger partial charge < -0.3 is 17.3 Å². The molecular formula is C3H8ClNO. The lowest BCUT2D eigenvalue weighted by atomic mass is 11.0. The highest BCUT2D eigenvalue weighted by atomic mass is 35.5. The van der Waals surface area contributed by atoms with E-state index in [9.17, 15) is 4.79 Å². The summed E-state index contributed by atoms with van der Waals surface area (Å²) in [5.74, 6) is 0. The van der Waals surface area contributed by atoms with Gasteiger partial charge in [0.1, 0.15) is 0 Å². The maximum absolute atomic E-state index is 9.43. The second kappa shape index (κ2) is 4.76. The van der Waals surface area contributed by atoms with Crippen LogP contribution in [0.1, 0.15) is 1.43 Å². The van der Waals surface area contributed by atoms with Gasteiger partial charge in [-0.15, -0.1) is 0 Å². The first-order valence-electron chi connectivity index (χ1n) is 1.39. The van der Waals surface area contributed by atoms with Gasteiger partial charge in [-0.3, -0.25) is 4.79 Å². The third-order valence-corrected chi connectivity index (χ3v) is 0.211. The molecule has 0 N–H and O–H groups in total. The molecule has 0 heterocycles. The summed E-state index contributed by atoms with van der Waals surface area (Å²) in [6, 6.07) is 0. The van der Waals surface area contributed by atoms with Gasteiger partial charge in [0.05, 0.1) is 0 Å². The average molecular weight is 110 g/mol. The Hall–Kier alpha value is -0.240. The van der Waals surface area contributed by atoms with Crippen molar-refractivity contribution in [3.05, 3.63) is 0 Å². The van der Waals surface area contributed by atoms with Gasteiger partial charge in [0.25, 0.3) is 0 Å². The van der Waals surface area contributed by atoms with Crippen LogP contribution in [0.4, 0.5) is 0 Å². The molecule has 0 atom stereocenters. The molecule has 6 heavy (non-hydrogen) atoms. The van der Waals surface area contributed by atoms with Crippen LogP contribution < -0.4 is 12.4 Å². The van der Waals surface area contributed by atoms with Crippen molar-refractivity contribution in [3.63, 3.8) is 0 Å². The fraction of sp³-hybridized carbons (Fsp3) is 0.667. The minimum absolute atomic E-state index is 0. The topological polar surface area (TPSA) is 20.3 Å². The molecule has 0 aliphatic carbocycles. The molecule has 0 aromatic rings. The highest BCUT2D eigenvalue weighted by molar-refractivity contribution is 5.45. The Labute approximate surface area is 45.0 Å². The zero-order valence-electron chi connectivity index (χ0n) is 4.81. The Kier molecular flexibility index (Phi) is 7.32. The van der Waals surface area contributed by atoms with Crippen molar-refractivity contribution in [1.82, 2.24) is 4.90 Å². The van der Waals surface area contributed by atoms with Crippen LogP contribution in [0.25, 0.3) is 0 Å². The second-order valence-electron chi connectivity index (χ2n) is 1.07. The molecule has 0 aromatic heterocycles. The lowest BCUT2D eigenvalue weighted by Gasteiger charge is -1.93. The number of amides is 1. The van der Waals surface area contributed by atoms with Gasteiger partial charge in [0, 0.05) is 14.1 Å². The van der Waals surface area contributed by atoms with Crippen LogP contribution in [0.3, 0.4) is 0 Å². The van der Waals surface area contributed by atoms with Crippen LogP contribution in [0, 0.1) is 0 Å². The molecule has 0 aliphatic heterocycles. The maximum Gasteiger partial charge on any atom is 1.00 e. The van der Waals surface area contributed by atoms with E-state index in [4.69, 9.17) is 0 Å². The van der Waals surface area contributed by atoms with E-state index in [1.807, 2.05) is 0 Å². The van der Waals surface area contributed by atoms with E-state index in [1.165, 1.54) is 4.90 Å². The molecule has 0 unspecified atom stereocenters. The quantitative estimate of drug-likeness (QED) is 0.325. The molecule has 38 valence electrons.